The van der Waals surface area contributed by atoms with E-state index in [1.807, 2.05) is 26.0 Å². The van der Waals surface area contributed by atoms with Gasteiger partial charge in [0.1, 0.15) is 23.9 Å². The highest BCUT2D eigenvalue weighted by Gasteiger charge is 2.26. The first-order valence-corrected chi connectivity index (χ1v) is 11.2. The third kappa shape index (κ3) is 4.26. The maximum atomic E-state index is 11.8. The number of anilines is 1. The van der Waals surface area contributed by atoms with Crippen molar-refractivity contribution in [1.29, 1.82) is 5.26 Å². The number of hydrogen-bond acceptors (Lipinski definition) is 7. The number of ether oxygens (including phenoxy) is 1. The molecular weight excluding hydrogens is 404 g/mol. The minimum Gasteiger partial charge on any atom is -0.435 e. The summed E-state index contributed by atoms with van der Waals surface area (Å²) >= 11 is 0. The molecule has 4 rings (SSSR count). The van der Waals surface area contributed by atoms with E-state index in [9.17, 15) is 8.42 Å². The summed E-state index contributed by atoms with van der Waals surface area (Å²) in [5.41, 5.74) is 3.10. The van der Waals surface area contributed by atoms with Crippen molar-refractivity contribution in [3.8, 4) is 23.5 Å². The number of nitriles is 1. The number of rotatable bonds is 6. The fourth-order valence-corrected chi connectivity index (χ4v) is 3.68. The molecule has 1 N–H and O–H groups in total. The van der Waals surface area contributed by atoms with E-state index in [-0.39, 0.29) is 17.3 Å². The van der Waals surface area contributed by atoms with Crippen LogP contribution in [0.3, 0.4) is 0 Å². The number of nitrogens with zero attached hydrogens (tertiary/aromatic N) is 5. The summed E-state index contributed by atoms with van der Waals surface area (Å²) in [6.07, 6.45) is 6.33. The zero-order valence-corrected chi connectivity index (χ0v) is 17.6. The third-order valence-corrected chi connectivity index (χ3v) is 5.24. The molecule has 1 saturated carbocycles. The minimum absolute atomic E-state index is 0.0808. The smallest absolute Gasteiger partial charge is 0.245 e. The largest absolute Gasteiger partial charge is 0.435 e. The Labute approximate surface area is 174 Å². The molecule has 1 aliphatic carbocycles. The van der Waals surface area contributed by atoms with Gasteiger partial charge in [0.2, 0.25) is 15.9 Å². The van der Waals surface area contributed by atoms with Crippen LogP contribution in [-0.4, -0.2) is 34.2 Å². The number of pyridine rings is 2. The van der Waals surface area contributed by atoms with E-state index in [0.717, 1.165) is 30.4 Å². The van der Waals surface area contributed by atoms with Crippen molar-refractivity contribution in [2.75, 3.05) is 11.0 Å². The van der Waals surface area contributed by atoms with Crippen LogP contribution in [0.15, 0.2) is 30.7 Å². The Morgan fingerprint density at radius 2 is 2.03 bits per heavy atom. The SMILES string of the molecule is Cc1cc(C2CC2)nc(C)c1Oc1nc(-n2cnc(C#N)c2)ccc1NS(C)(=O)=O. The molecule has 0 atom stereocenters. The van der Waals surface area contributed by atoms with E-state index in [1.54, 1.807) is 16.7 Å². The Morgan fingerprint density at radius 1 is 1.27 bits per heavy atom. The molecular formula is C20H20N6O3S. The Morgan fingerprint density at radius 3 is 2.63 bits per heavy atom. The number of sulfonamides is 1. The summed E-state index contributed by atoms with van der Waals surface area (Å²) in [6.45, 7) is 3.79. The summed E-state index contributed by atoms with van der Waals surface area (Å²) in [5.74, 6) is 1.55. The van der Waals surface area contributed by atoms with Gasteiger partial charge in [-0.3, -0.25) is 14.3 Å². The van der Waals surface area contributed by atoms with Gasteiger partial charge in [0.15, 0.2) is 11.4 Å². The Bertz CT molecular complexity index is 1250. The second-order valence-electron chi connectivity index (χ2n) is 7.33. The summed E-state index contributed by atoms with van der Waals surface area (Å²) in [4.78, 5) is 13.1. The van der Waals surface area contributed by atoms with Crippen molar-refractivity contribution in [2.24, 2.45) is 0 Å². The van der Waals surface area contributed by atoms with Gasteiger partial charge in [0, 0.05) is 17.8 Å². The monoisotopic (exact) mass is 424 g/mol. The molecule has 0 saturated heterocycles. The maximum Gasteiger partial charge on any atom is 0.245 e. The van der Waals surface area contributed by atoms with Crippen LogP contribution in [0.5, 0.6) is 11.6 Å². The minimum atomic E-state index is -3.55. The Balaban J connectivity index is 1.76. The van der Waals surface area contributed by atoms with Crippen LogP contribution in [-0.2, 0) is 10.0 Å². The Kier molecular flexibility index (Phi) is 4.91. The van der Waals surface area contributed by atoms with Gasteiger partial charge in [-0.1, -0.05) is 0 Å². The molecule has 3 heterocycles. The highest BCUT2D eigenvalue weighted by molar-refractivity contribution is 7.92. The van der Waals surface area contributed by atoms with E-state index in [1.165, 1.54) is 12.5 Å². The molecule has 0 aliphatic heterocycles. The van der Waals surface area contributed by atoms with Crippen molar-refractivity contribution in [1.82, 2.24) is 19.5 Å². The molecule has 30 heavy (non-hydrogen) atoms. The molecule has 3 aromatic rings. The lowest BCUT2D eigenvalue weighted by atomic mass is 10.1. The predicted octanol–water partition coefficient (Wildman–Crippen LogP) is 3.19. The van der Waals surface area contributed by atoms with E-state index in [4.69, 9.17) is 10.00 Å². The molecule has 0 amide bonds. The number of hydrogen-bond donors (Lipinski definition) is 1. The van der Waals surface area contributed by atoms with Gasteiger partial charge in [-0.25, -0.2) is 13.4 Å². The summed E-state index contributed by atoms with van der Waals surface area (Å²) < 4.78 is 33.7. The summed E-state index contributed by atoms with van der Waals surface area (Å²) in [5, 5.41) is 8.99. The highest BCUT2D eigenvalue weighted by atomic mass is 32.2. The predicted molar refractivity (Wildman–Crippen MR) is 110 cm³/mol. The van der Waals surface area contributed by atoms with E-state index >= 15 is 0 Å². The van der Waals surface area contributed by atoms with Crippen molar-refractivity contribution < 1.29 is 13.2 Å². The van der Waals surface area contributed by atoms with Crippen molar-refractivity contribution in [3.05, 3.63) is 53.4 Å². The van der Waals surface area contributed by atoms with Gasteiger partial charge >= 0.3 is 0 Å². The second-order valence-corrected chi connectivity index (χ2v) is 9.08. The summed E-state index contributed by atoms with van der Waals surface area (Å²) in [7, 11) is -3.55. The first kappa shape index (κ1) is 19.8. The first-order chi connectivity index (χ1) is 14.2. The second kappa shape index (κ2) is 7.42. The molecule has 1 aliphatic rings. The van der Waals surface area contributed by atoms with E-state index in [0.29, 0.717) is 23.2 Å². The van der Waals surface area contributed by atoms with Crippen LogP contribution < -0.4 is 9.46 Å². The number of nitrogens with one attached hydrogen (secondary N) is 1. The lowest BCUT2D eigenvalue weighted by Gasteiger charge is -2.16. The van der Waals surface area contributed by atoms with Gasteiger partial charge in [0.25, 0.3) is 0 Å². The molecule has 154 valence electrons. The maximum absolute atomic E-state index is 11.8. The highest BCUT2D eigenvalue weighted by Crippen LogP contribution is 2.41. The van der Waals surface area contributed by atoms with Gasteiger partial charge in [-0.2, -0.15) is 10.2 Å². The lowest BCUT2D eigenvalue weighted by molar-refractivity contribution is 0.454. The fraction of sp³-hybridized carbons (Fsp3) is 0.300. The van der Waals surface area contributed by atoms with E-state index < -0.39 is 10.0 Å². The van der Waals surface area contributed by atoms with Gasteiger partial charge < -0.3 is 4.74 Å². The van der Waals surface area contributed by atoms with E-state index in [2.05, 4.69) is 19.7 Å². The van der Waals surface area contributed by atoms with Crippen LogP contribution in [0.25, 0.3) is 5.82 Å². The average Bonchev–Trinajstić information content (AvgIpc) is 3.41. The average molecular weight is 424 g/mol. The molecule has 9 nitrogen and oxygen atoms in total. The number of imidazole rings is 1. The summed E-state index contributed by atoms with van der Waals surface area (Å²) in [6, 6.07) is 7.13. The first-order valence-electron chi connectivity index (χ1n) is 9.33. The van der Waals surface area contributed by atoms with Gasteiger partial charge in [-0.05, 0) is 50.5 Å². The molecule has 0 spiro atoms. The quantitative estimate of drug-likeness (QED) is 0.644. The van der Waals surface area contributed by atoms with Crippen LogP contribution in [0.2, 0.25) is 0 Å². The zero-order valence-electron chi connectivity index (χ0n) is 16.7. The van der Waals surface area contributed by atoms with Gasteiger partial charge in [0.05, 0.1) is 11.9 Å². The molecule has 10 heteroatoms. The molecule has 0 radical (unpaired) electrons. The van der Waals surface area contributed by atoms with Crippen molar-refractivity contribution in [2.45, 2.75) is 32.6 Å². The Hall–Kier alpha value is -3.45. The van der Waals surface area contributed by atoms with Crippen molar-refractivity contribution >= 4 is 15.7 Å². The van der Waals surface area contributed by atoms with Crippen LogP contribution >= 0.6 is 0 Å². The van der Waals surface area contributed by atoms with Crippen LogP contribution in [0.1, 0.15) is 41.4 Å². The molecule has 1 fully saturated rings. The molecule has 0 unspecified atom stereocenters. The topological polar surface area (TPSA) is 123 Å². The molecule has 3 aromatic heterocycles. The van der Waals surface area contributed by atoms with Gasteiger partial charge in [-0.15, -0.1) is 0 Å². The number of aromatic nitrogens is 4. The van der Waals surface area contributed by atoms with Crippen LogP contribution in [0.4, 0.5) is 5.69 Å². The van der Waals surface area contributed by atoms with Crippen LogP contribution in [0, 0.1) is 25.2 Å². The standard InChI is InChI=1S/C20H20N6O3S/c1-12-8-17(14-4-5-14)23-13(2)19(12)29-20-16(25-30(3,27)28)6-7-18(24-20)26-10-15(9-21)22-11-26/h6-8,10-11,14,25H,4-5H2,1-3H3. The normalized spacial score (nSPS) is 13.7. The third-order valence-electron chi connectivity index (χ3n) is 4.64. The molecule has 0 bridgehead atoms. The van der Waals surface area contributed by atoms with Crippen molar-refractivity contribution in [3.63, 3.8) is 0 Å². The lowest BCUT2D eigenvalue weighted by Crippen LogP contribution is -2.12. The zero-order chi connectivity index (χ0) is 21.5. The number of aryl methyl sites for hydroxylation is 2. The molecule has 0 aromatic carbocycles. The fourth-order valence-electron chi connectivity index (χ4n) is 3.12.